The van der Waals surface area contributed by atoms with Gasteiger partial charge in [0.05, 0.1) is 0 Å². The zero-order chi connectivity index (χ0) is 12.6. The number of nitrogens with one attached hydrogen (secondary N) is 1. The lowest BCUT2D eigenvalue weighted by Crippen LogP contribution is -2.43. The summed E-state index contributed by atoms with van der Waals surface area (Å²) in [5.41, 5.74) is -1.18. The lowest BCUT2D eigenvalue weighted by molar-refractivity contribution is 0.0487. The monoisotopic (exact) mass is 227 g/mol. The fourth-order valence-electron chi connectivity index (χ4n) is 1.89. The summed E-state index contributed by atoms with van der Waals surface area (Å²) in [5.74, 6) is 0.280. The normalized spacial score (nSPS) is 28.4. The van der Waals surface area contributed by atoms with E-state index in [0.29, 0.717) is 0 Å². The first-order chi connectivity index (χ1) is 7.21. The third-order valence-electron chi connectivity index (χ3n) is 2.84. The summed E-state index contributed by atoms with van der Waals surface area (Å²) in [5, 5.41) is 12.2. The molecule has 16 heavy (non-hydrogen) atoms. The molecule has 1 rings (SSSR count). The smallest absolute Gasteiger partial charge is 0.408 e. The molecule has 0 heterocycles. The van der Waals surface area contributed by atoms with Crippen LogP contribution in [-0.4, -0.2) is 22.3 Å². The Balaban J connectivity index is 2.59. The van der Waals surface area contributed by atoms with Gasteiger partial charge in [-0.2, -0.15) is 0 Å². The predicted molar refractivity (Wildman–Crippen MR) is 62.3 cm³/mol. The van der Waals surface area contributed by atoms with Crippen LogP contribution >= 0.6 is 0 Å². The van der Waals surface area contributed by atoms with Crippen LogP contribution in [0.5, 0.6) is 0 Å². The first-order valence-corrected chi connectivity index (χ1v) is 5.61. The van der Waals surface area contributed by atoms with Crippen LogP contribution in [0.1, 0.15) is 40.5 Å². The number of amides is 1. The van der Waals surface area contributed by atoms with E-state index in [0.717, 1.165) is 12.8 Å². The number of aliphatic hydroxyl groups excluding tert-OH is 1. The Hall–Kier alpha value is -1.19. The molecule has 0 aliphatic heterocycles. The first-order valence-electron chi connectivity index (χ1n) is 5.61. The van der Waals surface area contributed by atoms with Gasteiger partial charge in [-0.15, -0.1) is 0 Å². The molecule has 1 amide bonds. The van der Waals surface area contributed by atoms with Crippen molar-refractivity contribution < 1.29 is 14.6 Å². The van der Waals surface area contributed by atoms with E-state index in [2.05, 4.69) is 11.9 Å². The van der Waals surface area contributed by atoms with Gasteiger partial charge >= 0.3 is 6.09 Å². The second kappa shape index (κ2) is 4.00. The molecular formula is C12H21NO3. The maximum absolute atomic E-state index is 11.6. The zero-order valence-electron chi connectivity index (χ0n) is 10.5. The van der Waals surface area contributed by atoms with Crippen LogP contribution in [0.2, 0.25) is 0 Å². The van der Waals surface area contributed by atoms with E-state index >= 15 is 0 Å². The molecule has 92 valence electrons. The summed E-state index contributed by atoms with van der Waals surface area (Å²) in [6.45, 7) is 11.0. The molecule has 1 saturated carbocycles. The maximum atomic E-state index is 11.6. The van der Waals surface area contributed by atoms with Crippen LogP contribution < -0.4 is 5.32 Å². The summed E-state index contributed by atoms with van der Waals surface area (Å²) in [6, 6.07) is 0. The number of hydrogen-bond donors (Lipinski definition) is 2. The molecule has 2 atom stereocenters. The Labute approximate surface area is 96.7 Å². The summed E-state index contributed by atoms with van der Waals surface area (Å²) in [7, 11) is 0. The minimum atomic E-state index is -0.656. The van der Waals surface area contributed by atoms with Gasteiger partial charge in [-0.3, -0.25) is 0 Å². The van der Waals surface area contributed by atoms with E-state index in [1.54, 1.807) is 20.8 Å². The Bertz CT molecular complexity index is 306. The second-order valence-corrected chi connectivity index (χ2v) is 5.35. The maximum Gasteiger partial charge on any atom is 0.408 e. The third kappa shape index (κ3) is 2.68. The molecule has 0 radical (unpaired) electrons. The lowest BCUT2D eigenvalue weighted by Gasteiger charge is -2.23. The van der Waals surface area contributed by atoms with Gasteiger partial charge in [0.1, 0.15) is 16.9 Å². The van der Waals surface area contributed by atoms with Gasteiger partial charge in [0, 0.05) is 0 Å². The average Bonchev–Trinajstić information content (AvgIpc) is 2.76. The molecule has 1 fully saturated rings. The fraction of sp³-hybridized carbons (Fsp3) is 0.750. The van der Waals surface area contributed by atoms with Crippen molar-refractivity contribution in [3.63, 3.8) is 0 Å². The van der Waals surface area contributed by atoms with Gasteiger partial charge in [-0.05, 0) is 33.1 Å². The summed E-state index contributed by atoms with van der Waals surface area (Å²) < 4.78 is 5.15. The SMILES string of the molecule is C=C(O)C1(NC(=O)OC(C)(C)C)CC1CC. The summed E-state index contributed by atoms with van der Waals surface area (Å²) in [4.78, 5) is 11.6. The molecule has 0 spiro atoms. The average molecular weight is 227 g/mol. The van der Waals surface area contributed by atoms with Crippen molar-refractivity contribution in [2.75, 3.05) is 0 Å². The minimum absolute atomic E-state index is 0.0187. The number of hydrogen-bond acceptors (Lipinski definition) is 3. The summed E-state index contributed by atoms with van der Waals surface area (Å²) in [6.07, 6.45) is 1.13. The number of carbonyl (C=O) groups excluding carboxylic acids is 1. The number of carbonyl (C=O) groups is 1. The van der Waals surface area contributed by atoms with Crippen LogP contribution in [0.25, 0.3) is 0 Å². The van der Waals surface area contributed by atoms with Crippen LogP contribution in [0.4, 0.5) is 4.79 Å². The second-order valence-electron chi connectivity index (χ2n) is 5.35. The first kappa shape index (κ1) is 12.9. The van der Waals surface area contributed by atoms with E-state index in [-0.39, 0.29) is 11.7 Å². The highest BCUT2D eigenvalue weighted by Gasteiger charge is 2.57. The fourth-order valence-corrected chi connectivity index (χ4v) is 1.89. The van der Waals surface area contributed by atoms with Gasteiger partial charge in [0.15, 0.2) is 0 Å². The van der Waals surface area contributed by atoms with E-state index in [1.807, 2.05) is 6.92 Å². The molecule has 1 aliphatic rings. The molecule has 2 N–H and O–H groups in total. The van der Waals surface area contributed by atoms with E-state index in [4.69, 9.17) is 4.74 Å². The summed E-state index contributed by atoms with van der Waals surface area (Å²) >= 11 is 0. The van der Waals surface area contributed by atoms with E-state index < -0.39 is 17.2 Å². The molecule has 0 aromatic heterocycles. The van der Waals surface area contributed by atoms with Crippen molar-refractivity contribution in [3.05, 3.63) is 12.3 Å². The molecule has 4 heteroatoms. The highest BCUT2D eigenvalue weighted by atomic mass is 16.6. The van der Waals surface area contributed by atoms with Gasteiger partial charge in [-0.25, -0.2) is 4.79 Å². The minimum Gasteiger partial charge on any atom is -0.510 e. The van der Waals surface area contributed by atoms with Gasteiger partial charge in [0.25, 0.3) is 0 Å². The van der Waals surface area contributed by atoms with Crippen molar-refractivity contribution in [2.24, 2.45) is 5.92 Å². The largest absolute Gasteiger partial charge is 0.510 e. The molecular weight excluding hydrogens is 206 g/mol. The van der Waals surface area contributed by atoms with Crippen molar-refractivity contribution in [3.8, 4) is 0 Å². The molecule has 0 saturated heterocycles. The molecule has 0 aromatic carbocycles. The van der Waals surface area contributed by atoms with Crippen molar-refractivity contribution in [1.29, 1.82) is 0 Å². The third-order valence-corrected chi connectivity index (χ3v) is 2.84. The Morgan fingerprint density at radius 3 is 2.50 bits per heavy atom. The van der Waals surface area contributed by atoms with Crippen molar-refractivity contribution >= 4 is 6.09 Å². The Morgan fingerprint density at radius 2 is 2.19 bits per heavy atom. The standard InChI is InChI=1S/C12H21NO3/c1-6-9-7-12(9,8(2)14)13-10(15)16-11(3,4)5/h9,14H,2,6-7H2,1,3-5H3,(H,13,15). The van der Waals surface area contributed by atoms with Gasteiger partial charge < -0.3 is 15.2 Å². The van der Waals surface area contributed by atoms with Gasteiger partial charge in [-0.1, -0.05) is 19.9 Å². The Kier molecular flexibility index (Phi) is 3.22. The van der Waals surface area contributed by atoms with Crippen LogP contribution in [-0.2, 0) is 4.74 Å². The quantitative estimate of drug-likeness (QED) is 0.729. The van der Waals surface area contributed by atoms with Crippen LogP contribution in [0, 0.1) is 5.92 Å². The molecule has 4 nitrogen and oxygen atoms in total. The van der Waals surface area contributed by atoms with Gasteiger partial charge in [0.2, 0.25) is 0 Å². The molecule has 1 aliphatic carbocycles. The number of ether oxygens (including phenoxy) is 1. The van der Waals surface area contributed by atoms with Crippen molar-refractivity contribution in [2.45, 2.75) is 51.7 Å². The Morgan fingerprint density at radius 1 is 1.62 bits per heavy atom. The van der Waals surface area contributed by atoms with E-state index in [9.17, 15) is 9.90 Å². The topological polar surface area (TPSA) is 58.6 Å². The number of rotatable bonds is 3. The zero-order valence-corrected chi connectivity index (χ0v) is 10.5. The number of aliphatic hydroxyl groups is 1. The molecule has 0 aromatic rings. The lowest BCUT2D eigenvalue weighted by atomic mass is 10.1. The van der Waals surface area contributed by atoms with Crippen LogP contribution in [0.3, 0.4) is 0 Å². The predicted octanol–water partition coefficient (Wildman–Crippen LogP) is 2.75. The van der Waals surface area contributed by atoms with Crippen LogP contribution in [0.15, 0.2) is 12.3 Å². The van der Waals surface area contributed by atoms with E-state index in [1.165, 1.54) is 0 Å². The molecule has 2 unspecified atom stereocenters. The highest BCUT2D eigenvalue weighted by molar-refractivity contribution is 5.70. The van der Waals surface area contributed by atoms with Crippen molar-refractivity contribution in [1.82, 2.24) is 5.32 Å². The number of alkyl carbamates (subject to hydrolysis) is 1. The highest BCUT2D eigenvalue weighted by Crippen LogP contribution is 2.49. The molecule has 0 bridgehead atoms.